The third-order valence-electron chi connectivity index (χ3n) is 4.24. The molecular weight excluding hydrogens is 272 g/mol. The van der Waals surface area contributed by atoms with E-state index in [-0.39, 0.29) is 17.2 Å². The van der Waals surface area contributed by atoms with Crippen molar-refractivity contribution in [2.45, 2.75) is 83.6 Å². The molecule has 1 heterocycles. The van der Waals surface area contributed by atoms with Crippen LogP contribution < -0.4 is 0 Å². The van der Waals surface area contributed by atoms with Gasteiger partial charge in [-0.3, -0.25) is 0 Å². The molecule has 4 nitrogen and oxygen atoms in total. The predicted molar refractivity (Wildman–Crippen MR) is 82.3 cm³/mol. The minimum Gasteiger partial charge on any atom is -0.417 e. The van der Waals surface area contributed by atoms with E-state index < -0.39 is 14.1 Å². The lowest BCUT2D eigenvalue weighted by Crippen LogP contribution is -2.46. The standard InChI is InChI=1S/C15H30O4Si/c1-14(2,3)20(6,7)17-9-8-12-10-13(11-16)19-15(4,5)18-12/h11-13H,8-10H2,1-7H3/t12-,13-/m1/s1. The molecule has 0 spiro atoms. The second-order valence-electron chi connectivity index (χ2n) is 7.57. The van der Waals surface area contributed by atoms with Crippen molar-refractivity contribution in [1.82, 2.24) is 0 Å². The van der Waals surface area contributed by atoms with Gasteiger partial charge >= 0.3 is 0 Å². The second kappa shape index (κ2) is 6.26. The molecule has 20 heavy (non-hydrogen) atoms. The highest BCUT2D eigenvalue weighted by molar-refractivity contribution is 6.74. The zero-order valence-corrected chi connectivity index (χ0v) is 15.0. The summed E-state index contributed by atoms with van der Waals surface area (Å²) in [6.07, 6.45) is 1.96. The van der Waals surface area contributed by atoms with Gasteiger partial charge in [0.25, 0.3) is 0 Å². The van der Waals surface area contributed by atoms with Gasteiger partial charge in [-0.1, -0.05) is 20.8 Å². The first kappa shape index (κ1) is 17.8. The van der Waals surface area contributed by atoms with Crippen LogP contribution in [0, 0.1) is 0 Å². The van der Waals surface area contributed by atoms with E-state index in [0.29, 0.717) is 13.0 Å². The van der Waals surface area contributed by atoms with E-state index in [1.54, 1.807) is 0 Å². The summed E-state index contributed by atoms with van der Waals surface area (Å²) in [6, 6.07) is 0. The zero-order valence-electron chi connectivity index (χ0n) is 14.0. The second-order valence-corrected chi connectivity index (χ2v) is 12.4. The van der Waals surface area contributed by atoms with Crippen molar-refractivity contribution in [2.24, 2.45) is 0 Å². The summed E-state index contributed by atoms with van der Waals surface area (Å²) in [7, 11) is -1.71. The predicted octanol–water partition coefficient (Wildman–Crippen LogP) is 3.51. The first-order valence-electron chi connectivity index (χ1n) is 7.42. The van der Waals surface area contributed by atoms with Crippen molar-refractivity contribution in [3.8, 4) is 0 Å². The third kappa shape index (κ3) is 4.95. The molecule has 1 saturated heterocycles. The molecule has 0 aliphatic carbocycles. The topological polar surface area (TPSA) is 44.8 Å². The summed E-state index contributed by atoms with van der Waals surface area (Å²) in [5, 5.41) is 0.216. The fourth-order valence-electron chi connectivity index (χ4n) is 2.07. The molecule has 1 rings (SSSR count). The Morgan fingerprint density at radius 1 is 1.30 bits per heavy atom. The van der Waals surface area contributed by atoms with Crippen LogP contribution in [0.4, 0.5) is 0 Å². The number of rotatable bonds is 5. The number of hydrogen-bond donors (Lipinski definition) is 0. The lowest BCUT2D eigenvalue weighted by atomic mass is 10.1. The van der Waals surface area contributed by atoms with E-state index in [1.165, 1.54) is 0 Å². The molecule has 0 radical (unpaired) electrons. The summed E-state index contributed by atoms with van der Waals surface area (Å²) in [5.74, 6) is -0.689. The maximum atomic E-state index is 11.0. The molecule has 1 fully saturated rings. The van der Waals surface area contributed by atoms with Crippen molar-refractivity contribution in [2.75, 3.05) is 6.61 Å². The summed E-state index contributed by atoms with van der Waals surface area (Å²) in [5.41, 5.74) is 0. The van der Waals surface area contributed by atoms with Crippen LogP contribution in [0.25, 0.3) is 0 Å². The molecule has 5 heteroatoms. The highest BCUT2D eigenvalue weighted by Crippen LogP contribution is 2.37. The van der Waals surface area contributed by atoms with Gasteiger partial charge in [-0.2, -0.15) is 0 Å². The Morgan fingerprint density at radius 3 is 2.40 bits per heavy atom. The average Bonchev–Trinajstić information content (AvgIpc) is 2.25. The van der Waals surface area contributed by atoms with Crippen LogP contribution in [-0.4, -0.2) is 39.2 Å². The van der Waals surface area contributed by atoms with E-state index in [0.717, 1.165) is 12.7 Å². The van der Waals surface area contributed by atoms with E-state index in [2.05, 4.69) is 33.9 Å². The van der Waals surface area contributed by atoms with Gasteiger partial charge < -0.3 is 18.7 Å². The van der Waals surface area contributed by atoms with Gasteiger partial charge in [-0.25, -0.2) is 0 Å². The number of ether oxygens (including phenoxy) is 2. The van der Waals surface area contributed by atoms with Gasteiger partial charge in [-0.15, -0.1) is 0 Å². The fraction of sp³-hybridized carbons (Fsp3) is 0.933. The highest BCUT2D eigenvalue weighted by atomic mass is 28.4. The molecule has 1 aliphatic heterocycles. The fourth-order valence-corrected chi connectivity index (χ4v) is 3.13. The molecule has 118 valence electrons. The quantitative estimate of drug-likeness (QED) is 0.576. The summed E-state index contributed by atoms with van der Waals surface area (Å²) < 4.78 is 17.6. The maximum absolute atomic E-state index is 11.0. The summed E-state index contributed by atoms with van der Waals surface area (Å²) in [6.45, 7) is 15.6. The Bertz CT molecular complexity index is 333. The minimum absolute atomic E-state index is 0.0266. The Balaban J connectivity index is 2.47. The van der Waals surface area contributed by atoms with Gasteiger partial charge in [0.15, 0.2) is 14.1 Å². The van der Waals surface area contributed by atoms with Crippen LogP contribution in [0.1, 0.15) is 47.5 Å². The highest BCUT2D eigenvalue weighted by Gasteiger charge is 2.38. The first-order chi connectivity index (χ1) is 8.97. The minimum atomic E-state index is -1.71. The van der Waals surface area contributed by atoms with E-state index in [1.807, 2.05) is 13.8 Å². The summed E-state index contributed by atoms with van der Waals surface area (Å²) >= 11 is 0. The molecule has 0 saturated carbocycles. The average molecular weight is 302 g/mol. The van der Waals surface area contributed by atoms with Crippen molar-refractivity contribution in [1.29, 1.82) is 0 Å². The van der Waals surface area contributed by atoms with Gasteiger partial charge in [0.2, 0.25) is 0 Å². The van der Waals surface area contributed by atoms with Crippen LogP contribution in [0.15, 0.2) is 0 Å². The number of aldehydes is 1. The summed E-state index contributed by atoms with van der Waals surface area (Å²) in [4.78, 5) is 11.0. The van der Waals surface area contributed by atoms with Crippen molar-refractivity contribution >= 4 is 14.6 Å². The molecule has 0 amide bonds. The Morgan fingerprint density at radius 2 is 1.90 bits per heavy atom. The Labute approximate surface area is 124 Å². The molecule has 0 aromatic rings. The number of carbonyl (C=O) groups excluding carboxylic acids is 1. The van der Waals surface area contributed by atoms with Crippen LogP contribution >= 0.6 is 0 Å². The molecule has 0 unspecified atom stereocenters. The van der Waals surface area contributed by atoms with E-state index in [9.17, 15) is 4.79 Å². The molecular formula is C15H30O4Si. The molecule has 0 aromatic heterocycles. The van der Waals surface area contributed by atoms with E-state index in [4.69, 9.17) is 13.9 Å². The van der Waals surface area contributed by atoms with Crippen molar-refractivity contribution in [3.05, 3.63) is 0 Å². The molecule has 2 atom stereocenters. The molecule has 0 bridgehead atoms. The van der Waals surface area contributed by atoms with Crippen LogP contribution in [-0.2, 0) is 18.7 Å². The van der Waals surface area contributed by atoms with Gasteiger partial charge in [-0.05, 0) is 38.4 Å². The van der Waals surface area contributed by atoms with E-state index >= 15 is 0 Å². The molecule has 0 N–H and O–H groups in total. The van der Waals surface area contributed by atoms with Crippen LogP contribution in [0.5, 0.6) is 0 Å². The van der Waals surface area contributed by atoms with Gasteiger partial charge in [0.05, 0.1) is 6.10 Å². The molecule has 1 aliphatic rings. The van der Waals surface area contributed by atoms with Gasteiger partial charge in [0.1, 0.15) is 12.4 Å². The SMILES string of the molecule is CC1(C)O[C@H](CCO[Si](C)(C)C(C)(C)C)C[C@H](C=O)O1. The van der Waals surface area contributed by atoms with Gasteiger partial charge in [0, 0.05) is 13.0 Å². The molecule has 0 aromatic carbocycles. The van der Waals surface area contributed by atoms with Crippen molar-refractivity contribution in [3.63, 3.8) is 0 Å². The largest absolute Gasteiger partial charge is 0.417 e. The first-order valence-corrected chi connectivity index (χ1v) is 10.3. The van der Waals surface area contributed by atoms with Crippen molar-refractivity contribution < 1.29 is 18.7 Å². The Kier molecular flexibility index (Phi) is 5.58. The number of hydrogen-bond acceptors (Lipinski definition) is 4. The number of carbonyl (C=O) groups is 1. The Hall–Kier alpha value is -0.233. The normalized spacial score (nSPS) is 27.4. The zero-order chi connectivity index (χ0) is 15.6. The lowest BCUT2D eigenvalue weighted by Gasteiger charge is -2.40. The maximum Gasteiger partial charge on any atom is 0.191 e. The van der Waals surface area contributed by atoms with Crippen LogP contribution in [0.3, 0.4) is 0 Å². The lowest BCUT2D eigenvalue weighted by molar-refractivity contribution is -0.292. The van der Waals surface area contributed by atoms with Crippen LogP contribution in [0.2, 0.25) is 18.1 Å². The smallest absolute Gasteiger partial charge is 0.191 e. The third-order valence-corrected chi connectivity index (χ3v) is 8.78. The monoisotopic (exact) mass is 302 g/mol.